The molecule has 0 saturated carbocycles. The van der Waals surface area contributed by atoms with Crippen molar-refractivity contribution in [3.63, 3.8) is 0 Å². The van der Waals surface area contributed by atoms with Crippen LogP contribution in [0.2, 0.25) is 0 Å². The number of allylic oxidation sites excluding steroid dienone is 2. The van der Waals surface area contributed by atoms with Crippen molar-refractivity contribution in [1.29, 1.82) is 0 Å². The molecule has 0 radical (unpaired) electrons. The van der Waals surface area contributed by atoms with E-state index in [1.165, 1.54) is 13.0 Å². The van der Waals surface area contributed by atoms with Gasteiger partial charge in [0.2, 0.25) is 0 Å². The Bertz CT molecular complexity index is 410. The Morgan fingerprint density at radius 2 is 2.00 bits per heavy atom. The van der Waals surface area contributed by atoms with Gasteiger partial charge in [-0.3, -0.25) is 4.99 Å². The van der Waals surface area contributed by atoms with E-state index in [2.05, 4.69) is 4.99 Å². The van der Waals surface area contributed by atoms with Gasteiger partial charge in [0.25, 0.3) is 10.0 Å². The Morgan fingerprint density at radius 1 is 1.40 bits per heavy atom. The van der Waals surface area contributed by atoms with Crippen molar-refractivity contribution in [3.8, 4) is 0 Å². The number of aliphatic hydroxyl groups is 1. The van der Waals surface area contributed by atoms with Crippen LogP contribution in [0.25, 0.3) is 0 Å². The van der Waals surface area contributed by atoms with E-state index in [0.717, 1.165) is 4.89 Å². The number of nitrogens with zero attached hydrogens (tertiary/aromatic N) is 1. The van der Waals surface area contributed by atoms with E-state index in [-0.39, 0.29) is 5.04 Å². The maximum Gasteiger partial charge on any atom is 0.274 e. The molecule has 0 amide bonds. The minimum atomic E-state index is -3.93. The van der Waals surface area contributed by atoms with E-state index < -0.39 is 22.2 Å². The average molecular weight is 232 g/mol. The third-order valence-corrected chi connectivity index (χ3v) is 3.04. The third-order valence-electron chi connectivity index (χ3n) is 1.92. The molecule has 0 aromatic rings. The Balaban J connectivity index is 2.89. The molecule has 0 heterocycles. The first-order valence-electron chi connectivity index (χ1n) is 4.21. The second-order valence-electron chi connectivity index (χ2n) is 2.99. The summed E-state index contributed by atoms with van der Waals surface area (Å²) >= 11 is 0. The largest absolute Gasteiger partial charge is 0.386 e. The molecule has 0 fully saturated rings. The molecule has 0 aliphatic heterocycles. The highest BCUT2D eigenvalue weighted by Crippen LogP contribution is 2.09. The molecule has 1 aliphatic rings. The van der Waals surface area contributed by atoms with E-state index in [9.17, 15) is 13.5 Å². The van der Waals surface area contributed by atoms with Crippen molar-refractivity contribution in [2.75, 3.05) is 0 Å². The lowest BCUT2D eigenvalue weighted by atomic mass is 10.1. The minimum absolute atomic E-state index is 0.283. The molecule has 3 N–H and O–H groups in total. The molecule has 7 heteroatoms. The average Bonchev–Trinajstić information content (AvgIpc) is 2.21. The zero-order valence-corrected chi connectivity index (χ0v) is 8.85. The summed E-state index contributed by atoms with van der Waals surface area (Å²) in [4.78, 5) is 4.94. The molecule has 2 unspecified atom stereocenters. The quantitative estimate of drug-likeness (QED) is 0.342. The molecule has 6 nitrogen and oxygen atoms in total. The Hall–Kier alpha value is -1.02. The fourth-order valence-electron chi connectivity index (χ4n) is 1.05. The van der Waals surface area contributed by atoms with E-state index in [1.807, 2.05) is 0 Å². The van der Waals surface area contributed by atoms with Crippen LogP contribution in [0.5, 0.6) is 0 Å². The number of sulfonamides is 1. The van der Waals surface area contributed by atoms with Crippen molar-refractivity contribution in [3.05, 3.63) is 24.3 Å². The number of hydrogen-bond acceptors (Lipinski definition) is 5. The number of aliphatic imine (C=N–C) groups is 1. The van der Waals surface area contributed by atoms with Crippen LogP contribution in [-0.2, 0) is 10.0 Å². The van der Waals surface area contributed by atoms with E-state index >= 15 is 0 Å². The SMILES string of the molecule is CC(=NC1C=CC=CC1O)S(=O)(=O)NO. The number of aliphatic hydroxyl groups excluding tert-OH is 1. The van der Waals surface area contributed by atoms with Gasteiger partial charge in [0.15, 0.2) is 0 Å². The minimum Gasteiger partial charge on any atom is -0.386 e. The van der Waals surface area contributed by atoms with Crippen molar-refractivity contribution in [2.24, 2.45) is 4.99 Å². The van der Waals surface area contributed by atoms with E-state index in [4.69, 9.17) is 5.21 Å². The predicted octanol–water partition coefficient (Wildman–Crippen LogP) is -0.431. The molecule has 0 spiro atoms. The van der Waals surface area contributed by atoms with E-state index in [0.29, 0.717) is 0 Å². The predicted molar refractivity (Wildman–Crippen MR) is 55.0 cm³/mol. The van der Waals surface area contributed by atoms with Gasteiger partial charge in [-0.15, -0.1) is 0 Å². The van der Waals surface area contributed by atoms with Gasteiger partial charge in [-0.05, 0) is 6.92 Å². The van der Waals surface area contributed by atoms with Crippen LogP contribution >= 0.6 is 0 Å². The van der Waals surface area contributed by atoms with Crippen molar-refractivity contribution in [2.45, 2.75) is 19.1 Å². The molecule has 0 bridgehead atoms. The van der Waals surface area contributed by atoms with Gasteiger partial charge in [-0.1, -0.05) is 29.2 Å². The van der Waals surface area contributed by atoms with Gasteiger partial charge in [-0.2, -0.15) is 0 Å². The van der Waals surface area contributed by atoms with Gasteiger partial charge < -0.3 is 10.3 Å². The second-order valence-corrected chi connectivity index (χ2v) is 4.77. The fourth-order valence-corrected chi connectivity index (χ4v) is 1.44. The summed E-state index contributed by atoms with van der Waals surface area (Å²) in [7, 11) is -3.93. The highest BCUT2D eigenvalue weighted by Gasteiger charge is 2.19. The molecule has 2 atom stereocenters. The normalized spacial score (nSPS) is 27.0. The Morgan fingerprint density at radius 3 is 2.53 bits per heavy atom. The first-order valence-corrected chi connectivity index (χ1v) is 5.69. The maximum atomic E-state index is 11.1. The number of hydrogen-bond donors (Lipinski definition) is 3. The van der Waals surface area contributed by atoms with Gasteiger partial charge in [0.1, 0.15) is 5.04 Å². The summed E-state index contributed by atoms with van der Waals surface area (Å²) in [5, 5.41) is 17.5. The lowest BCUT2D eigenvalue weighted by Gasteiger charge is -2.15. The monoisotopic (exact) mass is 232 g/mol. The van der Waals surface area contributed by atoms with Crippen LogP contribution in [0, 0.1) is 0 Å². The van der Waals surface area contributed by atoms with Gasteiger partial charge in [0.05, 0.1) is 12.1 Å². The molecule has 0 saturated heterocycles. The third kappa shape index (κ3) is 2.96. The summed E-state index contributed by atoms with van der Waals surface area (Å²) in [6, 6.07) is -0.641. The molecular weight excluding hydrogens is 220 g/mol. The zero-order chi connectivity index (χ0) is 11.5. The lowest BCUT2D eigenvalue weighted by Crippen LogP contribution is -2.30. The van der Waals surface area contributed by atoms with Gasteiger partial charge in [0, 0.05) is 0 Å². The molecule has 1 aliphatic carbocycles. The first kappa shape index (κ1) is 12.1. The van der Waals surface area contributed by atoms with E-state index in [1.54, 1.807) is 18.2 Å². The van der Waals surface area contributed by atoms with Crippen molar-refractivity contribution in [1.82, 2.24) is 4.89 Å². The highest BCUT2D eigenvalue weighted by molar-refractivity contribution is 8.04. The highest BCUT2D eigenvalue weighted by atomic mass is 32.2. The van der Waals surface area contributed by atoms with Crippen LogP contribution < -0.4 is 4.89 Å². The standard InChI is InChI=1S/C8H12N2O4S/c1-6(15(13,14)10-12)9-7-4-2-3-5-8(7)11/h2-5,7-8,10-12H,1H3. The van der Waals surface area contributed by atoms with Gasteiger partial charge >= 0.3 is 0 Å². The van der Waals surface area contributed by atoms with Crippen LogP contribution in [0.4, 0.5) is 0 Å². The van der Waals surface area contributed by atoms with Crippen molar-refractivity contribution >= 4 is 15.1 Å². The van der Waals surface area contributed by atoms with Gasteiger partial charge in [-0.25, -0.2) is 8.42 Å². The van der Waals surface area contributed by atoms with Crippen molar-refractivity contribution < 1.29 is 18.7 Å². The molecule has 84 valence electrons. The topological polar surface area (TPSA) is 99.0 Å². The second kappa shape index (κ2) is 4.67. The Labute approximate surface area is 87.7 Å². The molecule has 15 heavy (non-hydrogen) atoms. The molecule has 0 aromatic heterocycles. The summed E-state index contributed by atoms with van der Waals surface area (Å²) in [5.74, 6) is 0. The van der Waals surface area contributed by atoms with Crippen LogP contribution in [0.15, 0.2) is 29.3 Å². The van der Waals surface area contributed by atoms with Crippen LogP contribution in [-0.4, -0.2) is 35.9 Å². The number of rotatable bonds is 2. The fraction of sp³-hybridized carbons (Fsp3) is 0.375. The molecular formula is C8H12N2O4S. The summed E-state index contributed by atoms with van der Waals surface area (Å²) < 4.78 is 22.1. The summed E-state index contributed by atoms with van der Waals surface area (Å²) in [5.41, 5.74) is 0. The molecule has 0 aromatic carbocycles. The number of nitrogens with one attached hydrogen (secondary N) is 1. The lowest BCUT2D eigenvalue weighted by molar-refractivity contribution is 0.208. The molecule has 1 rings (SSSR count). The first-order chi connectivity index (χ1) is 6.97. The maximum absolute atomic E-state index is 11.1. The summed E-state index contributed by atoms with van der Waals surface area (Å²) in [6.45, 7) is 1.23. The Kier molecular flexibility index (Phi) is 3.75. The van der Waals surface area contributed by atoms with Crippen LogP contribution in [0.3, 0.4) is 0 Å². The zero-order valence-electron chi connectivity index (χ0n) is 8.03. The smallest absolute Gasteiger partial charge is 0.274 e. The van der Waals surface area contributed by atoms with Crippen LogP contribution in [0.1, 0.15) is 6.92 Å². The summed E-state index contributed by atoms with van der Waals surface area (Å²) in [6.07, 6.45) is 5.53.